The summed E-state index contributed by atoms with van der Waals surface area (Å²) < 4.78 is 0. The van der Waals surface area contributed by atoms with Crippen LogP contribution in [0, 0.1) is 133 Å². The summed E-state index contributed by atoms with van der Waals surface area (Å²) in [5.41, 5.74) is 21.3. The monoisotopic (exact) mass is 1990 g/mol. The lowest BCUT2D eigenvalue weighted by Gasteiger charge is -2.60. The van der Waals surface area contributed by atoms with E-state index in [4.69, 9.17) is 0 Å². The van der Waals surface area contributed by atoms with Crippen molar-refractivity contribution in [1.29, 1.82) is 0 Å². The Morgan fingerprint density at radius 3 is 0.503 bits per heavy atom. The quantitative estimate of drug-likeness (QED) is 0.142. The van der Waals surface area contributed by atoms with Crippen LogP contribution in [0.1, 0.15) is 623 Å². The fourth-order valence-corrected chi connectivity index (χ4v) is 30.2. The van der Waals surface area contributed by atoms with Gasteiger partial charge >= 0.3 is 0 Å². The minimum Gasteiger partial charge on any atom is -0.0683 e. The molecular weight excluding hydrogens is 1720 g/mol. The molecule has 0 nitrogen and oxygen atoms in total. The Hall–Kier alpha value is -4.68. The van der Waals surface area contributed by atoms with Gasteiger partial charge in [0.2, 0.25) is 0 Å². The SMILES string of the molecule is CC.CC.CC.CC.CC.CC.CC.CC.CC.CC.CC.CC.CC.CC.CC.CC.CC.CC.CC.CC.CC.CC.CC.CC.CCc1ccccc1C1C[C@H]2CC(c3ccccc3C)C[C@H]3CC4CCCC4[C@]23[C@@H](C)C1.CCc1ccccc1C1C[C@H]2CC(c3ccccc3C)C[C@H]3CC4CCCC4[C@]23[C@@H](C)C1.Cc1ccccc1C1C[C@@H]2CC(c3ccccc3C)C[C@H](C)[C@@]23C2CCCC2C[C@@H]3C1. The first-order valence-electron chi connectivity index (χ1n) is 64.7. The van der Waals surface area contributed by atoms with Crippen LogP contribution >= 0.6 is 0 Å². The standard InChI is InChI=1S/2C32H42.C31H40.24C2H6/c2*1-4-23-11-6-8-14-30(23)25-16-22(3)32-27(17-24-12-9-15-31(24)32)19-26(20-28(32)18-25)29-13-7-5-10-21(29)2;1-20-9-4-6-12-28(20)24-15-22(3)31-26(16-23-11-8-14-30(23)31)18-25(19-27(31)17-24)29-13-7-5-10-21(29)2;24*1-2/h2*5-8,10-11,13-14,22,24-28,31H,4,9,12,15-20H2,1-3H3;4-7,9-10,12-13,22-27,30H,8,11,14-19H2,1-3H3;24*1-2H3/t2*22-,24?,25?,26?,27+,28-,31?,32-;22-,23?,24?,25?,26+,27-,30?,31-;;;;;;;;;;;;;;;;;;;;;;;;/m000......................../s1. The van der Waals surface area contributed by atoms with Crippen LogP contribution in [0.3, 0.4) is 0 Å². The van der Waals surface area contributed by atoms with Gasteiger partial charge in [0.1, 0.15) is 0 Å². The molecule has 0 N–H and O–H groups in total. The molecule has 12 fully saturated rings. The van der Waals surface area contributed by atoms with E-state index >= 15 is 0 Å². The summed E-state index contributed by atoms with van der Waals surface area (Å²) in [6, 6.07) is 56.1. The maximum atomic E-state index is 2.69. The van der Waals surface area contributed by atoms with Crippen LogP contribution in [0.2, 0.25) is 0 Å². The Kier molecular flexibility index (Phi) is 106. The van der Waals surface area contributed by atoms with Gasteiger partial charge in [-0.3, -0.25) is 0 Å². The smallest absolute Gasteiger partial charge is 0.0154 e. The second-order valence-corrected chi connectivity index (χ2v) is 36.0. The highest BCUT2D eigenvalue weighted by molar-refractivity contribution is 5.39. The lowest BCUT2D eigenvalue weighted by molar-refractivity contribution is -0.0888. The summed E-state index contributed by atoms with van der Waals surface area (Å²) in [7, 11) is 0. The Morgan fingerprint density at radius 2 is 0.329 bits per heavy atom. The molecule has 0 heterocycles. The van der Waals surface area contributed by atoms with Crippen molar-refractivity contribution in [3.63, 3.8) is 0 Å². The van der Waals surface area contributed by atoms with Crippen molar-refractivity contribution >= 4 is 0 Å². The number of hydrogen-bond acceptors (Lipinski definition) is 0. The van der Waals surface area contributed by atoms with Crippen molar-refractivity contribution in [3.05, 3.63) is 212 Å². The summed E-state index contributed by atoms with van der Waals surface area (Å²) in [5, 5.41) is 0. The van der Waals surface area contributed by atoms with E-state index in [1.807, 2.05) is 332 Å². The molecule has 18 rings (SSSR count). The van der Waals surface area contributed by atoms with E-state index < -0.39 is 0 Å². The second kappa shape index (κ2) is 96.9. The summed E-state index contributed by atoms with van der Waals surface area (Å²) in [5.74, 6) is 19.2. The average molecular weight is 1990 g/mol. The van der Waals surface area contributed by atoms with Gasteiger partial charge in [-0.05, 0) is 363 Å². The molecule has 0 amide bonds. The van der Waals surface area contributed by atoms with Crippen LogP contribution in [-0.2, 0) is 12.8 Å². The molecule has 6 aromatic rings. The van der Waals surface area contributed by atoms with Crippen molar-refractivity contribution < 1.29 is 0 Å². The lowest BCUT2D eigenvalue weighted by atomic mass is 9.45. The molecule has 0 aliphatic heterocycles. The van der Waals surface area contributed by atoms with Crippen LogP contribution < -0.4 is 0 Å². The molecule has 0 aromatic heterocycles. The predicted molar refractivity (Wildman–Crippen MR) is 673 cm³/mol. The van der Waals surface area contributed by atoms with Crippen molar-refractivity contribution in [1.82, 2.24) is 0 Å². The summed E-state index contributed by atoms with van der Waals surface area (Å²) >= 11 is 0. The molecule has 143 heavy (non-hydrogen) atoms. The number of hydrogen-bond donors (Lipinski definition) is 0. The normalized spacial score (nSPS) is 28.1. The number of rotatable bonds is 8. The largest absolute Gasteiger partial charge is 0.0683 e. The molecule has 0 radical (unpaired) electrons. The first-order valence-corrected chi connectivity index (χ1v) is 64.7. The number of fused-ring (bicyclic) bond motifs is 3. The van der Waals surface area contributed by atoms with Gasteiger partial charge < -0.3 is 0 Å². The van der Waals surface area contributed by atoms with Crippen LogP contribution in [-0.4, -0.2) is 0 Å². The molecule has 840 valence electrons. The van der Waals surface area contributed by atoms with Gasteiger partial charge in [-0.25, -0.2) is 0 Å². The predicted octanol–water partition coefficient (Wildman–Crippen LogP) is 50.4. The van der Waals surface area contributed by atoms with Gasteiger partial charge in [0.25, 0.3) is 0 Å². The summed E-state index contributed by atoms with van der Waals surface area (Å²) in [6.45, 7) is 118. The van der Waals surface area contributed by atoms with Crippen molar-refractivity contribution in [2.24, 2.45) is 105 Å². The second-order valence-electron chi connectivity index (χ2n) is 36.0. The fraction of sp³-hybridized carbons (Fsp3) is 0.748. The molecule has 0 bridgehead atoms. The Morgan fingerprint density at radius 1 is 0.182 bits per heavy atom. The molecule has 12 aliphatic rings. The van der Waals surface area contributed by atoms with E-state index in [9.17, 15) is 0 Å². The van der Waals surface area contributed by atoms with Crippen molar-refractivity contribution in [2.75, 3.05) is 0 Å². The minimum absolute atomic E-state index is 0.651. The van der Waals surface area contributed by atoms with Crippen LogP contribution in [0.15, 0.2) is 146 Å². The van der Waals surface area contributed by atoms with Crippen LogP contribution in [0.5, 0.6) is 0 Å². The molecular formula is C143H268. The average Bonchev–Trinajstić information content (AvgIpc) is 1.56. The fourth-order valence-electron chi connectivity index (χ4n) is 30.2. The van der Waals surface area contributed by atoms with E-state index in [2.05, 4.69) is 208 Å². The highest BCUT2D eigenvalue weighted by atomic mass is 14.7. The zero-order chi connectivity index (χ0) is 113. The zero-order valence-electron chi connectivity index (χ0n) is 109. The Bertz CT molecular complexity index is 3490. The topological polar surface area (TPSA) is 0 Å². The van der Waals surface area contributed by atoms with Gasteiger partial charge in [0, 0.05) is 0 Å². The van der Waals surface area contributed by atoms with E-state index in [0.717, 1.165) is 124 Å². The molecule has 12 saturated carbocycles. The third-order valence-corrected chi connectivity index (χ3v) is 32.8. The van der Waals surface area contributed by atoms with E-state index in [1.54, 1.807) is 63.8 Å². The Balaban J connectivity index is -0.000000222. The first kappa shape index (κ1) is 156. The molecule has 0 heteroatoms. The summed E-state index contributed by atoms with van der Waals surface area (Å²) in [4.78, 5) is 0. The maximum Gasteiger partial charge on any atom is -0.0154 e. The minimum atomic E-state index is 0.651. The Labute approximate surface area is 908 Å². The number of benzene rings is 6. The van der Waals surface area contributed by atoms with Crippen molar-refractivity contribution in [2.45, 2.75) is 597 Å². The first-order chi connectivity index (χ1) is 70.3. The van der Waals surface area contributed by atoms with Gasteiger partial charge in [-0.2, -0.15) is 0 Å². The lowest BCUT2D eigenvalue weighted by Crippen LogP contribution is -2.52. The van der Waals surface area contributed by atoms with E-state index in [-0.39, 0.29) is 0 Å². The van der Waals surface area contributed by atoms with Gasteiger partial charge in [-0.1, -0.05) is 551 Å². The van der Waals surface area contributed by atoms with Crippen LogP contribution in [0.25, 0.3) is 0 Å². The number of aryl methyl sites for hydroxylation is 6. The summed E-state index contributed by atoms with van der Waals surface area (Å²) in [6.07, 6.45) is 38.1. The third-order valence-electron chi connectivity index (χ3n) is 32.8. The van der Waals surface area contributed by atoms with E-state index in [0.29, 0.717) is 16.2 Å². The molecule has 12 unspecified atom stereocenters. The third kappa shape index (κ3) is 39.8. The van der Waals surface area contributed by atoms with Crippen molar-refractivity contribution in [3.8, 4) is 0 Å². The van der Waals surface area contributed by atoms with Crippen LogP contribution in [0.4, 0.5) is 0 Å². The molecule has 0 saturated heterocycles. The zero-order valence-corrected chi connectivity index (χ0v) is 109. The van der Waals surface area contributed by atoms with Gasteiger partial charge in [0.05, 0.1) is 0 Å². The molecule has 24 atom stereocenters. The van der Waals surface area contributed by atoms with Gasteiger partial charge in [-0.15, -0.1) is 0 Å². The molecule has 12 aliphatic carbocycles. The maximum absolute atomic E-state index is 2.69. The van der Waals surface area contributed by atoms with E-state index in [1.165, 1.54) is 170 Å². The highest BCUT2D eigenvalue weighted by Gasteiger charge is 2.68. The highest BCUT2D eigenvalue weighted by Crippen LogP contribution is 2.77. The molecule has 3 spiro atoms. The van der Waals surface area contributed by atoms with Gasteiger partial charge in [0.15, 0.2) is 0 Å². The molecule has 6 aromatic carbocycles.